The van der Waals surface area contributed by atoms with Gasteiger partial charge in [0.05, 0.1) is 7.11 Å². The highest BCUT2D eigenvalue weighted by atomic mass is 16.5. The molecule has 0 aliphatic carbocycles. The van der Waals surface area contributed by atoms with Crippen molar-refractivity contribution in [3.8, 4) is 5.75 Å². The Bertz CT molecular complexity index is 655. The van der Waals surface area contributed by atoms with E-state index in [1.54, 1.807) is 0 Å². The molecule has 0 saturated carbocycles. The molecule has 0 unspecified atom stereocenters. The van der Waals surface area contributed by atoms with E-state index in [2.05, 4.69) is 27.8 Å². The Hall–Kier alpha value is -2.49. The molecule has 0 fully saturated rings. The molecule has 0 amide bonds. The van der Waals surface area contributed by atoms with E-state index < -0.39 is 0 Å². The highest BCUT2D eigenvalue weighted by Crippen LogP contribution is 2.29. The molecule has 1 heterocycles. The van der Waals surface area contributed by atoms with E-state index in [-0.39, 0.29) is 5.97 Å². The van der Waals surface area contributed by atoms with Crippen molar-refractivity contribution >= 4 is 11.7 Å². The average molecular weight is 297 g/mol. The predicted molar refractivity (Wildman–Crippen MR) is 84.9 cm³/mol. The Morgan fingerprint density at radius 2 is 2.05 bits per heavy atom. The molecule has 0 radical (unpaired) electrons. The highest BCUT2D eigenvalue weighted by molar-refractivity contribution is 5.69. The minimum atomic E-state index is -0.181. The number of hydrogen-bond acceptors (Lipinski definition) is 4. The summed E-state index contributed by atoms with van der Waals surface area (Å²) in [7, 11) is 1.42. The van der Waals surface area contributed by atoms with E-state index in [1.165, 1.54) is 7.11 Å². The zero-order valence-corrected chi connectivity index (χ0v) is 12.6. The van der Waals surface area contributed by atoms with Crippen molar-refractivity contribution in [2.75, 3.05) is 18.7 Å². The third kappa shape index (κ3) is 3.22. The summed E-state index contributed by atoms with van der Waals surface area (Å²) in [5.74, 6) is 0.744. The van der Waals surface area contributed by atoms with Crippen LogP contribution in [0.3, 0.4) is 0 Å². The maximum Gasteiger partial charge on any atom is 0.305 e. The van der Waals surface area contributed by atoms with Gasteiger partial charge >= 0.3 is 5.97 Å². The zero-order valence-electron chi connectivity index (χ0n) is 12.6. The van der Waals surface area contributed by atoms with Gasteiger partial charge in [-0.1, -0.05) is 30.3 Å². The molecule has 0 saturated heterocycles. The molecule has 3 rings (SSSR count). The van der Waals surface area contributed by atoms with Crippen molar-refractivity contribution < 1.29 is 14.3 Å². The van der Waals surface area contributed by atoms with Gasteiger partial charge in [0.2, 0.25) is 0 Å². The van der Waals surface area contributed by atoms with Crippen LogP contribution in [-0.4, -0.2) is 19.8 Å². The lowest BCUT2D eigenvalue weighted by Crippen LogP contribution is -2.31. The molecule has 4 heteroatoms. The third-order valence-electron chi connectivity index (χ3n) is 3.83. The van der Waals surface area contributed by atoms with Crippen molar-refractivity contribution in [2.24, 2.45) is 0 Å². The van der Waals surface area contributed by atoms with Crippen molar-refractivity contribution in [3.05, 3.63) is 59.7 Å². The van der Waals surface area contributed by atoms with Crippen molar-refractivity contribution in [1.29, 1.82) is 0 Å². The number of anilines is 1. The number of ether oxygens (including phenoxy) is 2. The van der Waals surface area contributed by atoms with E-state index in [9.17, 15) is 4.79 Å². The fraction of sp³-hybridized carbons (Fsp3) is 0.278. The van der Waals surface area contributed by atoms with Gasteiger partial charge in [0.15, 0.2) is 6.73 Å². The first kappa shape index (κ1) is 14.4. The molecule has 114 valence electrons. The first-order valence-electron chi connectivity index (χ1n) is 7.37. The number of carbonyl (C=O) groups is 1. The van der Waals surface area contributed by atoms with Crippen LogP contribution in [0.1, 0.15) is 17.5 Å². The number of rotatable bonds is 4. The van der Waals surface area contributed by atoms with Gasteiger partial charge in [-0.15, -0.1) is 0 Å². The Morgan fingerprint density at radius 3 is 2.82 bits per heavy atom. The number of para-hydroxylation sites is 1. The summed E-state index contributed by atoms with van der Waals surface area (Å²) >= 11 is 0. The number of aryl methyl sites for hydroxylation is 1. The Labute approximate surface area is 130 Å². The summed E-state index contributed by atoms with van der Waals surface area (Å²) in [6.45, 7) is 1.37. The summed E-state index contributed by atoms with van der Waals surface area (Å²) in [6.07, 6.45) is 1.09. The van der Waals surface area contributed by atoms with Crippen LogP contribution in [0.5, 0.6) is 5.75 Å². The van der Waals surface area contributed by atoms with Gasteiger partial charge in [-0.2, -0.15) is 0 Å². The summed E-state index contributed by atoms with van der Waals surface area (Å²) in [5, 5.41) is 0. The van der Waals surface area contributed by atoms with Gasteiger partial charge in [0.1, 0.15) is 5.75 Å². The van der Waals surface area contributed by atoms with Crippen molar-refractivity contribution in [3.63, 3.8) is 0 Å². The second-order valence-electron chi connectivity index (χ2n) is 5.33. The van der Waals surface area contributed by atoms with E-state index in [0.29, 0.717) is 19.6 Å². The molecule has 1 aliphatic rings. The fourth-order valence-electron chi connectivity index (χ4n) is 2.60. The largest absolute Gasteiger partial charge is 0.473 e. The summed E-state index contributed by atoms with van der Waals surface area (Å²) in [5.41, 5.74) is 3.42. The minimum absolute atomic E-state index is 0.181. The predicted octanol–water partition coefficient (Wildman–Crippen LogP) is 3.15. The molecule has 4 nitrogen and oxygen atoms in total. The topological polar surface area (TPSA) is 38.8 Å². The molecule has 0 spiro atoms. The Kier molecular flexibility index (Phi) is 4.28. The first-order valence-corrected chi connectivity index (χ1v) is 7.37. The van der Waals surface area contributed by atoms with Gasteiger partial charge in [0, 0.05) is 24.2 Å². The SMILES string of the molecule is COC(=O)CCc1ccc2c(c1)CN(c1ccccc1)CO2. The summed E-state index contributed by atoms with van der Waals surface area (Å²) in [6, 6.07) is 16.3. The normalized spacial score (nSPS) is 13.2. The molecule has 2 aromatic rings. The maximum absolute atomic E-state index is 11.3. The fourth-order valence-corrected chi connectivity index (χ4v) is 2.60. The maximum atomic E-state index is 11.3. The van der Waals surface area contributed by atoms with Gasteiger partial charge in [-0.3, -0.25) is 4.79 Å². The molecular weight excluding hydrogens is 278 g/mol. The number of esters is 1. The molecular formula is C18H19NO3. The zero-order chi connectivity index (χ0) is 15.4. The molecule has 1 aliphatic heterocycles. The van der Waals surface area contributed by atoms with E-state index in [4.69, 9.17) is 4.74 Å². The Morgan fingerprint density at radius 1 is 1.23 bits per heavy atom. The number of benzene rings is 2. The third-order valence-corrected chi connectivity index (χ3v) is 3.83. The number of fused-ring (bicyclic) bond motifs is 1. The molecule has 2 aromatic carbocycles. The van der Waals surface area contributed by atoms with E-state index >= 15 is 0 Å². The first-order chi connectivity index (χ1) is 10.8. The number of methoxy groups -OCH3 is 1. The quantitative estimate of drug-likeness (QED) is 0.813. The minimum Gasteiger partial charge on any atom is -0.473 e. The molecule has 0 aromatic heterocycles. The average Bonchev–Trinajstić information content (AvgIpc) is 2.59. The molecule has 0 N–H and O–H groups in total. The van der Waals surface area contributed by atoms with E-state index in [0.717, 1.165) is 29.1 Å². The van der Waals surface area contributed by atoms with Crippen molar-refractivity contribution in [2.45, 2.75) is 19.4 Å². The number of hydrogen-bond donors (Lipinski definition) is 0. The van der Waals surface area contributed by atoms with Crippen LogP contribution in [0.2, 0.25) is 0 Å². The van der Waals surface area contributed by atoms with Crippen LogP contribution < -0.4 is 9.64 Å². The summed E-state index contributed by atoms with van der Waals surface area (Å²) < 4.78 is 10.5. The van der Waals surface area contributed by atoms with Gasteiger partial charge in [-0.25, -0.2) is 0 Å². The highest BCUT2D eigenvalue weighted by Gasteiger charge is 2.18. The standard InChI is InChI=1S/C18H19NO3/c1-21-18(20)10-8-14-7-9-17-15(11-14)12-19(13-22-17)16-5-3-2-4-6-16/h2-7,9,11H,8,10,12-13H2,1H3. The van der Waals surface area contributed by atoms with Crippen LogP contribution in [0.15, 0.2) is 48.5 Å². The second kappa shape index (κ2) is 6.52. The van der Waals surface area contributed by atoms with Gasteiger partial charge < -0.3 is 14.4 Å². The lowest BCUT2D eigenvalue weighted by atomic mass is 10.0. The lowest BCUT2D eigenvalue weighted by molar-refractivity contribution is -0.140. The monoisotopic (exact) mass is 297 g/mol. The molecule has 0 bridgehead atoms. The number of nitrogens with zero attached hydrogens (tertiary/aromatic N) is 1. The van der Waals surface area contributed by atoms with Crippen LogP contribution in [0.25, 0.3) is 0 Å². The smallest absolute Gasteiger partial charge is 0.305 e. The number of carbonyl (C=O) groups excluding carboxylic acids is 1. The molecule has 22 heavy (non-hydrogen) atoms. The lowest BCUT2D eigenvalue weighted by Gasteiger charge is -2.31. The van der Waals surface area contributed by atoms with Crippen LogP contribution in [-0.2, 0) is 22.5 Å². The van der Waals surface area contributed by atoms with E-state index in [1.807, 2.05) is 30.3 Å². The Balaban J connectivity index is 1.73. The second-order valence-corrected chi connectivity index (χ2v) is 5.33. The van der Waals surface area contributed by atoms with Crippen molar-refractivity contribution in [1.82, 2.24) is 0 Å². The summed E-state index contributed by atoms with van der Waals surface area (Å²) in [4.78, 5) is 13.4. The van der Waals surface area contributed by atoms with Gasteiger partial charge in [0.25, 0.3) is 0 Å². The van der Waals surface area contributed by atoms with Crippen LogP contribution in [0.4, 0.5) is 5.69 Å². The van der Waals surface area contributed by atoms with Crippen LogP contribution >= 0.6 is 0 Å². The van der Waals surface area contributed by atoms with Crippen LogP contribution in [0, 0.1) is 0 Å². The molecule has 0 atom stereocenters. The van der Waals surface area contributed by atoms with Gasteiger partial charge in [-0.05, 0) is 30.2 Å².